The molecule has 0 fully saturated rings. The van der Waals surface area contributed by atoms with E-state index < -0.39 is 0 Å². The summed E-state index contributed by atoms with van der Waals surface area (Å²) in [6, 6.07) is 10.0. The molecule has 0 amide bonds. The zero-order chi connectivity index (χ0) is 36.3. The van der Waals surface area contributed by atoms with E-state index >= 15 is 0 Å². The van der Waals surface area contributed by atoms with Crippen molar-refractivity contribution in [2.75, 3.05) is 0 Å². The van der Waals surface area contributed by atoms with Gasteiger partial charge in [-0.15, -0.1) is 0 Å². The van der Waals surface area contributed by atoms with Crippen molar-refractivity contribution in [2.24, 2.45) is 0 Å². The summed E-state index contributed by atoms with van der Waals surface area (Å²) >= 11 is 0. The van der Waals surface area contributed by atoms with E-state index in [0.29, 0.717) is 0 Å². The van der Waals surface area contributed by atoms with E-state index in [4.69, 9.17) is 0 Å². The third kappa shape index (κ3) is 12.5. The first-order valence-corrected chi connectivity index (χ1v) is 21.7. The topological polar surface area (TPSA) is 25.3 Å². The molecular formula is C48H76N2Ni. The molecule has 0 spiro atoms. The van der Waals surface area contributed by atoms with Crippen LogP contribution in [0, 0.1) is 0 Å². The third-order valence-electron chi connectivity index (χ3n) is 11.1. The number of hydrogen-bond donors (Lipinski definition) is 0. The van der Waals surface area contributed by atoms with Gasteiger partial charge in [-0.2, -0.15) is 0 Å². The van der Waals surface area contributed by atoms with E-state index in [1.165, 1.54) is 134 Å². The van der Waals surface area contributed by atoms with Crippen molar-refractivity contribution in [3.63, 3.8) is 0 Å². The Morgan fingerprint density at radius 2 is 0.608 bits per heavy atom. The van der Waals surface area contributed by atoms with E-state index in [-0.39, 0.29) is 16.5 Å². The summed E-state index contributed by atoms with van der Waals surface area (Å²) in [7, 11) is 0. The molecule has 0 unspecified atom stereocenters. The Balaban J connectivity index is 0.00000901. The molecule has 2 aromatic rings. The van der Waals surface area contributed by atoms with Crippen molar-refractivity contribution >= 4 is 11.4 Å². The van der Waals surface area contributed by atoms with Gasteiger partial charge in [0.05, 0.1) is 0 Å². The molecule has 1 heterocycles. The minimum atomic E-state index is 0. The number of hydrogen-bond acceptors (Lipinski definition) is 0. The molecule has 0 aliphatic carbocycles. The van der Waals surface area contributed by atoms with E-state index in [1.54, 1.807) is 15.8 Å². The fraction of sp³-hybridized carbons (Fsp3) is 0.667. The van der Waals surface area contributed by atoms with Crippen molar-refractivity contribution in [1.29, 1.82) is 0 Å². The van der Waals surface area contributed by atoms with Crippen LogP contribution in [0.15, 0.2) is 35.4 Å². The first kappa shape index (κ1) is 45.2. The Morgan fingerprint density at radius 3 is 0.863 bits per heavy atom. The maximum absolute atomic E-state index is 12.7. The Labute approximate surface area is 326 Å². The molecule has 0 saturated carbocycles. The summed E-state index contributed by atoms with van der Waals surface area (Å²) in [5.41, 5.74) is 29.5. The summed E-state index contributed by atoms with van der Waals surface area (Å²) in [6.45, 7) is 18.5. The zero-order valence-electron chi connectivity index (χ0n) is 34.5. The van der Waals surface area contributed by atoms with Crippen LogP contribution in [0.3, 0.4) is 0 Å². The standard InChI is InChI=1S/C48H76N2.Ni/c1-9-17-25-37-33-41(34-38(26-18-10-2)43(37)29-21-13-5)47-45(31-23-15-7)46(32-24-16-8)48(50(47)49)42-35-39(27-19-11-3)44(30-22-14-6)40(36-42)28-20-12-4;/h33-36H,9-32H2,1-8H3;. The maximum atomic E-state index is 12.7. The third-order valence-corrected chi connectivity index (χ3v) is 11.1. The SMILES string of the molecule is CCCCC1=C(c2cc(CCCC)c(CCCC)c(CCCC)c2)[N+](=[N-])C(c2cc(CCCC)c(CCCC)c(CCCC)c2)=C1CCCC.[Ni]. The summed E-state index contributed by atoms with van der Waals surface area (Å²) < 4.78 is 1.69. The molecule has 0 bridgehead atoms. The number of allylic oxidation sites excluding steroid dienone is 2. The quantitative estimate of drug-likeness (QED) is 0.0678. The van der Waals surface area contributed by atoms with Crippen LogP contribution in [0.1, 0.15) is 215 Å². The molecule has 0 radical (unpaired) electrons. The fourth-order valence-corrected chi connectivity index (χ4v) is 8.07. The molecule has 1 aliphatic heterocycles. The van der Waals surface area contributed by atoms with Gasteiger partial charge in [0.15, 0.2) is 0 Å². The smallest absolute Gasteiger partial charge is 0.211 e. The van der Waals surface area contributed by atoms with Gasteiger partial charge >= 0.3 is 0 Å². The predicted octanol–water partition coefficient (Wildman–Crippen LogP) is 15.3. The molecule has 2 aromatic carbocycles. The molecule has 3 heteroatoms. The Hall–Kier alpha value is -1.99. The molecular weight excluding hydrogens is 663 g/mol. The van der Waals surface area contributed by atoms with Gasteiger partial charge in [-0.3, -0.25) is 0 Å². The predicted molar refractivity (Wildman–Crippen MR) is 221 cm³/mol. The molecule has 288 valence electrons. The van der Waals surface area contributed by atoms with Crippen molar-refractivity contribution < 1.29 is 21.2 Å². The first-order valence-electron chi connectivity index (χ1n) is 21.7. The van der Waals surface area contributed by atoms with Crippen molar-refractivity contribution in [3.8, 4) is 0 Å². The molecule has 0 atom stereocenters. The van der Waals surface area contributed by atoms with Crippen LogP contribution >= 0.6 is 0 Å². The summed E-state index contributed by atoms with van der Waals surface area (Å²) in [5.74, 6) is 0. The molecule has 2 nitrogen and oxygen atoms in total. The van der Waals surface area contributed by atoms with Crippen LogP contribution < -0.4 is 0 Å². The summed E-state index contributed by atoms with van der Waals surface area (Å²) in [6.07, 6.45) is 28.2. The monoisotopic (exact) mass is 739 g/mol. The van der Waals surface area contributed by atoms with Gasteiger partial charge in [0, 0.05) is 38.8 Å². The summed E-state index contributed by atoms with van der Waals surface area (Å²) in [5, 5.41) is 0. The van der Waals surface area contributed by atoms with Crippen LogP contribution in [0.4, 0.5) is 0 Å². The first-order chi connectivity index (χ1) is 24.4. The van der Waals surface area contributed by atoms with Gasteiger partial charge in [-0.1, -0.05) is 107 Å². The van der Waals surface area contributed by atoms with E-state index in [9.17, 15) is 5.53 Å². The maximum Gasteiger partial charge on any atom is 0.211 e. The van der Waals surface area contributed by atoms with Crippen LogP contribution in [0.25, 0.3) is 16.9 Å². The molecule has 3 rings (SSSR count). The number of nitrogens with zero attached hydrogens (tertiary/aromatic N) is 2. The molecule has 51 heavy (non-hydrogen) atoms. The Morgan fingerprint density at radius 1 is 0.373 bits per heavy atom. The van der Waals surface area contributed by atoms with Gasteiger partial charge in [-0.25, -0.2) is 4.70 Å². The van der Waals surface area contributed by atoms with Crippen molar-refractivity contribution in [3.05, 3.63) is 85.5 Å². The van der Waals surface area contributed by atoms with Crippen molar-refractivity contribution in [2.45, 2.75) is 209 Å². The summed E-state index contributed by atoms with van der Waals surface area (Å²) in [4.78, 5) is 0. The largest absolute Gasteiger partial charge is 0.493 e. The van der Waals surface area contributed by atoms with Crippen LogP contribution in [0.2, 0.25) is 0 Å². The van der Waals surface area contributed by atoms with Crippen molar-refractivity contribution in [1.82, 2.24) is 0 Å². The van der Waals surface area contributed by atoms with E-state index in [0.717, 1.165) is 75.6 Å². The minimum Gasteiger partial charge on any atom is -0.493 e. The fourth-order valence-electron chi connectivity index (χ4n) is 8.07. The van der Waals surface area contributed by atoms with E-state index in [2.05, 4.69) is 79.7 Å². The molecule has 1 aliphatic rings. The Kier molecular flexibility index (Phi) is 22.2. The Bertz CT molecular complexity index is 1250. The minimum absolute atomic E-state index is 0. The number of rotatable bonds is 26. The van der Waals surface area contributed by atoms with Gasteiger partial charge < -0.3 is 5.53 Å². The molecule has 0 saturated heterocycles. The number of unbranched alkanes of at least 4 members (excludes halogenated alkanes) is 8. The van der Waals surface area contributed by atoms with Gasteiger partial charge in [0.1, 0.15) is 0 Å². The second-order valence-corrected chi connectivity index (χ2v) is 15.3. The number of benzene rings is 2. The normalized spacial score (nSPS) is 13.1. The zero-order valence-corrected chi connectivity index (χ0v) is 35.5. The van der Waals surface area contributed by atoms with E-state index in [1.807, 2.05) is 0 Å². The van der Waals surface area contributed by atoms with Crippen LogP contribution in [0.5, 0.6) is 0 Å². The van der Waals surface area contributed by atoms with Crippen LogP contribution in [-0.2, 0) is 55.0 Å². The second-order valence-electron chi connectivity index (χ2n) is 15.3. The average molecular weight is 740 g/mol. The average Bonchev–Trinajstić information content (AvgIpc) is 3.41. The second kappa shape index (κ2) is 25.1. The molecule has 0 aromatic heterocycles. The van der Waals surface area contributed by atoms with Gasteiger partial charge in [-0.05, 0) is 160 Å². The van der Waals surface area contributed by atoms with Gasteiger partial charge in [0.2, 0.25) is 11.4 Å². The number of aryl methyl sites for hydroxylation is 4. The van der Waals surface area contributed by atoms with Gasteiger partial charge in [0.25, 0.3) is 0 Å². The molecule has 0 N–H and O–H groups in total. The van der Waals surface area contributed by atoms with Crippen LogP contribution in [-0.4, -0.2) is 4.70 Å².